The molecule has 6 heteroatoms. The number of methoxy groups -OCH3 is 2. The van der Waals surface area contributed by atoms with E-state index in [9.17, 15) is 4.79 Å². The highest BCUT2D eigenvalue weighted by atomic mass is 16.5. The van der Waals surface area contributed by atoms with Crippen LogP contribution in [0.3, 0.4) is 0 Å². The first kappa shape index (κ1) is 19.3. The molecular weight excluding hydrogens is 262 g/mol. The molecule has 0 radical (unpaired) electrons. The zero-order valence-corrected chi connectivity index (χ0v) is 13.2. The lowest BCUT2D eigenvalue weighted by atomic mass is 9.96. The normalized spacial score (nSPS) is 14.0. The highest BCUT2D eigenvalue weighted by molar-refractivity contribution is 5.80. The van der Waals surface area contributed by atoms with E-state index in [-0.39, 0.29) is 5.97 Å². The molecule has 0 aliphatic rings. The van der Waals surface area contributed by atoms with Gasteiger partial charge < -0.3 is 24.3 Å². The largest absolute Gasteiger partial charge is 0.468 e. The number of esters is 1. The van der Waals surface area contributed by atoms with Crippen molar-refractivity contribution in [3.8, 4) is 0 Å². The summed E-state index contributed by atoms with van der Waals surface area (Å²) in [5.74, 6) is -0.234. The van der Waals surface area contributed by atoms with Gasteiger partial charge in [-0.2, -0.15) is 0 Å². The summed E-state index contributed by atoms with van der Waals surface area (Å²) in [7, 11) is 3.05. The number of nitrogens with one attached hydrogen (secondary N) is 1. The van der Waals surface area contributed by atoms with Crippen molar-refractivity contribution in [1.29, 1.82) is 0 Å². The summed E-state index contributed by atoms with van der Waals surface area (Å²) in [5.41, 5.74) is -0.637. The van der Waals surface area contributed by atoms with Crippen molar-refractivity contribution >= 4 is 5.97 Å². The van der Waals surface area contributed by atoms with Crippen LogP contribution in [0.4, 0.5) is 0 Å². The van der Waals surface area contributed by atoms with Crippen molar-refractivity contribution < 1.29 is 23.7 Å². The molecule has 20 heavy (non-hydrogen) atoms. The molecule has 120 valence electrons. The highest BCUT2D eigenvalue weighted by Gasteiger charge is 2.32. The summed E-state index contributed by atoms with van der Waals surface area (Å²) in [5, 5.41) is 3.17. The average molecular weight is 291 g/mol. The Hall–Kier alpha value is -0.690. The Morgan fingerprint density at radius 1 is 1.05 bits per heavy atom. The molecule has 1 unspecified atom stereocenters. The standard InChI is InChI=1S/C14H29NO5/c1-5-15-14(2,13(16)18-4)7-6-8-19-11-12-20-10-9-17-3/h15H,5-12H2,1-4H3. The lowest BCUT2D eigenvalue weighted by Gasteiger charge is -2.27. The van der Waals surface area contributed by atoms with Crippen molar-refractivity contribution in [2.75, 3.05) is 53.8 Å². The van der Waals surface area contributed by atoms with Gasteiger partial charge in [0.1, 0.15) is 5.54 Å². The second-order valence-corrected chi connectivity index (χ2v) is 4.68. The Balaban J connectivity index is 3.67. The molecular formula is C14H29NO5. The van der Waals surface area contributed by atoms with Crippen LogP contribution in [0.25, 0.3) is 0 Å². The molecule has 1 N–H and O–H groups in total. The molecule has 0 aliphatic carbocycles. The summed E-state index contributed by atoms with van der Waals surface area (Å²) < 4.78 is 20.4. The van der Waals surface area contributed by atoms with Crippen LogP contribution in [0.5, 0.6) is 0 Å². The number of carbonyl (C=O) groups is 1. The van der Waals surface area contributed by atoms with Gasteiger partial charge in [-0.3, -0.25) is 4.79 Å². The maximum atomic E-state index is 11.7. The van der Waals surface area contributed by atoms with Crippen LogP contribution in [0, 0.1) is 0 Å². The van der Waals surface area contributed by atoms with E-state index in [0.29, 0.717) is 39.5 Å². The number of likely N-dealkylation sites (N-methyl/N-ethyl adjacent to an activating group) is 1. The quantitative estimate of drug-likeness (QED) is 0.403. The molecule has 0 saturated carbocycles. The van der Waals surface area contributed by atoms with E-state index < -0.39 is 5.54 Å². The molecule has 0 bridgehead atoms. The van der Waals surface area contributed by atoms with Gasteiger partial charge in [0.25, 0.3) is 0 Å². The number of carbonyl (C=O) groups excluding carboxylic acids is 1. The summed E-state index contributed by atoms with van der Waals surface area (Å²) >= 11 is 0. The SMILES string of the molecule is CCNC(C)(CCCOCCOCCOC)C(=O)OC. The zero-order chi connectivity index (χ0) is 15.3. The Morgan fingerprint density at radius 3 is 2.20 bits per heavy atom. The summed E-state index contributed by atoms with van der Waals surface area (Å²) in [4.78, 5) is 11.7. The van der Waals surface area contributed by atoms with E-state index in [1.807, 2.05) is 13.8 Å². The Morgan fingerprint density at radius 2 is 1.65 bits per heavy atom. The minimum absolute atomic E-state index is 0.234. The van der Waals surface area contributed by atoms with Gasteiger partial charge in [0, 0.05) is 13.7 Å². The number of hydrogen-bond acceptors (Lipinski definition) is 6. The minimum Gasteiger partial charge on any atom is -0.468 e. The van der Waals surface area contributed by atoms with Gasteiger partial charge in [-0.05, 0) is 26.3 Å². The first-order valence-electron chi connectivity index (χ1n) is 7.08. The predicted octanol–water partition coefficient (Wildman–Crippen LogP) is 0.987. The van der Waals surface area contributed by atoms with Crippen LogP contribution in [0.2, 0.25) is 0 Å². The van der Waals surface area contributed by atoms with Crippen LogP contribution in [-0.2, 0) is 23.7 Å². The van der Waals surface area contributed by atoms with Gasteiger partial charge in [-0.1, -0.05) is 6.92 Å². The molecule has 0 spiro atoms. The van der Waals surface area contributed by atoms with Crippen molar-refractivity contribution in [3.05, 3.63) is 0 Å². The van der Waals surface area contributed by atoms with Crippen LogP contribution in [0.15, 0.2) is 0 Å². The molecule has 0 aromatic rings. The molecule has 0 rings (SSSR count). The molecule has 0 heterocycles. The molecule has 0 fully saturated rings. The third-order valence-electron chi connectivity index (χ3n) is 2.97. The Kier molecular flexibility index (Phi) is 11.7. The highest BCUT2D eigenvalue weighted by Crippen LogP contribution is 2.14. The van der Waals surface area contributed by atoms with Gasteiger partial charge in [0.05, 0.1) is 33.5 Å². The Bertz CT molecular complexity index is 250. The van der Waals surface area contributed by atoms with Gasteiger partial charge in [0.2, 0.25) is 0 Å². The van der Waals surface area contributed by atoms with Crippen molar-refractivity contribution in [2.45, 2.75) is 32.2 Å². The fourth-order valence-electron chi connectivity index (χ4n) is 1.87. The van der Waals surface area contributed by atoms with E-state index in [1.54, 1.807) is 7.11 Å². The number of hydrogen-bond donors (Lipinski definition) is 1. The maximum Gasteiger partial charge on any atom is 0.325 e. The summed E-state index contributed by atoms with van der Waals surface area (Å²) in [6, 6.07) is 0. The van der Waals surface area contributed by atoms with E-state index in [0.717, 1.165) is 13.0 Å². The van der Waals surface area contributed by atoms with E-state index >= 15 is 0 Å². The fraction of sp³-hybridized carbons (Fsp3) is 0.929. The topological polar surface area (TPSA) is 66.0 Å². The molecule has 6 nitrogen and oxygen atoms in total. The van der Waals surface area contributed by atoms with Gasteiger partial charge in [0.15, 0.2) is 0 Å². The van der Waals surface area contributed by atoms with Crippen LogP contribution < -0.4 is 5.32 Å². The average Bonchev–Trinajstić information content (AvgIpc) is 2.45. The molecule has 0 aliphatic heterocycles. The van der Waals surface area contributed by atoms with E-state index in [4.69, 9.17) is 18.9 Å². The first-order valence-corrected chi connectivity index (χ1v) is 7.08. The van der Waals surface area contributed by atoms with Crippen molar-refractivity contribution in [3.63, 3.8) is 0 Å². The minimum atomic E-state index is -0.637. The zero-order valence-electron chi connectivity index (χ0n) is 13.2. The first-order chi connectivity index (χ1) is 9.60. The van der Waals surface area contributed by atoms with Crippen molar-refractivity contribution in [2.24, 2.45) is 0 Å². The third kappa shape index (κ3) is 8.47. The van der Waals surface area contributed by atoms with Gasteiger partial charge in [-0.15, -0.1) is 0 Å². The Labute approximate surface area is 122 Å². The summed E-state index contributed by atoms with van der Waals surface area (Å²) in [6.07, 6.45) is 1.47. The van der Waals surface area contributed by atoms with E-state index in [2.05, 4.69) is 5.32 Å². The maximum absolute atomic E-state index is 11.7. The lowest BCUT2D eigenvalue weighted by Crippen LogP contribution is -2.50. The lowest BCUT2D eigenvalue weighted by molar-refractivity contribution is -0.148. The second kappa shape index (κ2) is 12.1. The molecule has 0 aromatic carbocycles. The third-order valence-corrected chi connectivity index (χ3v) is 2.97. The van der Waals surface area contributed by atoms with E-state index in [1.165, 1.54) is 7.11 Å². The van der Waals surface area contributed by atoms with Crippen LogP contribution >= 0.6 is 0 Å². The fourth-order valence-corrected chi connectivity index (χ4v) is 1.87. The molecule has 0 saturated heterocycles. The monoisotopic (exact) mass is 291 g/mol. The van der Waals surface area contributed by atoms with Gasteiger partial charge in [-0.25, -0.2) is 0 Å². The van der Waals surface area contributed by atoms with Crippen molar-refractivity contribution in [1.82, 2.24) is 5.32 Å². The molecule has 1 atom stereocenters. The van der Waals surface area contributed by atoms with Crippen LogP contribution in [-0.4, -0.2) is 65.3 Å². The number of rotatable bonds is 13. The van der Waals surface area contributed by atoms with Gasteiger partial charge >= 0.3 is 5.97 Å². The second-order valence-electron chi connectivity index (χ2n) is 4.68. The van der Waals surface area contributed by atoms with Crippen LogP contribution in [0.1, 0.15) is 26.7 Å². The molecule has 0 aromatic heterocycles. The number of ether oxygens (including phenoxy) is 4. The molecule has 0 amide bonds. The smallest absolute Gasteiger partial charge is 0.325 e. The summed E-state index contributed by atoms with van der Waals surface area (Å²) in [6.45, 7) is 7.45. The predicted molar refractivity (Wildman–Crippen MR) is 76.8 cm³/mol.